The fourth-order valence-corrected chi connectivity index (χ4v) is 2.18. The highest BCUT2D eigenvalue weighted by Gasteiger charge is 2.22. The molecule has 0 spiro atoms. The van der Waals surface area contributed by atoms with Crippen LogP contribution in [0.3, 0.4) is 0 Å². The number of aromatic nitrogens is 1. The number of nitrogens with zero attached hydrogens (tertiary/aromatic N) is 1. The SMILES string of the molecule is Br.O=C(c1cccc(Br)n1)C1CCNCC1. The Bertz CT molecular complexity index is 365. The van der Waals surface area contributed by atoms with Gasteiger partial charge in [-0.25, -0.2) is 4.98 Å². The van der Waals surface area contributed by atoms with Gasteiger partial charge in [-0.3, -0.25) is 4.79 Å². The van der Waals surface area contributed by atoms with Crippen LogP contribution < -0.4 is 5.32 Å². The Hall–Kier alpha value is -0.260. The molecule has 0 aliphatic carbocycles. The van der Waals surface area contributed by atoms with Gasteiger partial charge in [-0.2, -0.15) is 0 Å². The monoisotopic (exact) mass is 348 g/mol. The molecule has 0 aromatic carbocycles. The molecule has 16 heavy (non-hydrogen) atoms. The second kappa shape index (κ2) is 6.47. The summed E-state index contributed by atoms with van der Waals surface area (Å²) in [5, 5.41) is 3.25. The number of piperidine rings is 1. The number of hydrogen-bond donors (Lipinski definition) is 1. The summed E-state index contributed by atoms with van der Waals surface area (Å²) in [6, 6.07) is 5.47. The Morgan fingerprint density at radius 1 is 1.38 bits per heavy atom. The Morgan fingerprint density at radius 2 is 2.06 bits per heavy atom. The Balaban J connectivity index is 0.00000128. The van der Waals surface area contributed by atoms with Crippen LogP contribution in [0.1, 0.15) is 23.3 Å². The van der Waals surface area contributed by atoms with E-state index < -0.39 is 0 Å². The van der Waals surface area contributed by atoms with E-state index in [1.54, 1.807) is 6.07 Å². The van der Waals surface area contributed by atoms with E-state index in [0.29, 0.717) is 5.69 Å². The molecule has 5 heteroatoms. The third-order valence-electron chi connectivity index (χ3n) is 2.68. The van der Waals surface area contributed by atoms with E-state index in [1.165, 1.54) is 0 Å². The maximum atomic E-state index is 12.0. The summed E-state index contributed by atoms with van der Waals surface area (Å²) in [7, 11) is 0. The lowest BCUT2D eigenvalue weighted by atomic mass is 9.92. The van der Waals surface area contributed by atoms with Gasteiger partial charge < -0.3 is 5.32 Å². The van der Waals surface area contributed by atoms with Crippen molar-refractivity contribution in [2.24, 2.45) is 5.92 Å². The smallest absolute Gasteiger partial charge is 0.184 e. The summed E-state index contributed by atoms with van der Waals surface area (Å²) in [4.78, 5) is 16.2. The van der Waals surface area contributed by atoms with Crippen molar-refractivity contribution in [2.75, 3.05) is 13.1 Å². The number of carbonyl (C=O) groups is 1. The van der Waals surface area contributed by atoms with E-state index in [9.17, 15) is 4.79 Å². The van der Waals surface area contributed by atoms with Crippen LogP contribution in [-0.4, -0.2) is 23.9 Å². The first-order valence-corrected chi connectivity index (χ1v) is 5.94. The van der Waals surface area contributed by atoms with Gasteiger partial charge in [0.1, 0.15) is 10.3 Å². The molecule has 0 radical (unpaired) electrons. The molecule has 88 valence electrons. The molecule has 1 aliphatic rings. The molecule has 0 saturated carbocycles. The molecule has 1 aromatic rings. The molecule has 3 nitrogen and oxygen atoms in total. The largest absolute Gasteiger partial charge is 0.317 e. The second-order valence-electron chi connectivity index (χ2n) is 3.73. The van der Waals surface area contributed by atoms with Crippen molar-refractivity contribution in [1.29, 1.82) is 0 Å². The van der Waals surface area contributed by atoms with Crippen LogP contribution in [0.5, 0.6) is 0 Å². The molecule has 1 fully saturated rings. The standard InChI is InChI=1S/C11H13BrN2O.BrH/c12-10-3-1-2-9(14-10)11(15)8-4-6-13-7-5-8;/h1-3,8,13H,4-7H2;1H. The van der Waals surface area contributed by atoms with E-state index in [2.05, 4.69) is 26.2 Å². The Morgan fingerprint density at radius 3 is 2.69 bits per heavy atom. The summed E-state index contributed by atoms with van der Waals surface area (Å²) in [6.45, 7) is 1.87. The lowest BCUT2D eigenvalue weighted by molar-refractivity contribution is 0.0889. The Labute approximate surface area is 114 Å². The number of pyridine rings is 1. The van der Waals surface area contributed by atoms with Gasteiger partial charge in [0, 0.05) is 5.92 Å². The zero-order valence-corrected chi connectivity index (χ0v) is 12.1. The maximum absolute atomic E-state index is 12.0. The minimum absolute atomic E-state index is 0. The minimum atomic E-state index is 0. The number of nitrogens with one attached hydrogen (secondary N) is 1. The molecular formula is C11H14Br2N2O. The van der Waals surface area contributed by atoms with Crippen LogP contribution in [0.25, 0.3) is 0 Å². The predicted octanol–water partition coefficient (Wildman–Crippen LogP) is 2.60. The highest BCUT2D eigenvalue weighted by molar-refractivity contribution is 9.10. The van der Waals surface area contributed by atoms with E-state index >= 15 is 0 Å². The summed E-state index contributed by atoms with van der Waals surface area (Å²) in [5.41, 5.74) is 0.580. The summed E-state index contributed by atoms with van der Waals surface area (Å²) < 4.78 is 0.724. The molecule has 0 atom stereocenters. The number of Topliss-reactive ketones (excluding diaryl/α,β-unsaturated/α-hetero) is 1. The number of ketones is 1. The predicted molar refractivity (Wildman–Crippen MR) is 72.2 cm³/mol. The topological polar surface area (TPSA) is 42.0 Å². The number of hydrogen-bond acceptors (Lipinski definition) is 3. The molecule has 2 rings (SSSR count). The van der Waals surface area contributed by atoms with Crippen molar-refractivity contribution in [3.05, 3.63) is 28.5 Å². The van der Waals surface area contributed by atoms with Crippen LogP contribution in [-0.2, 0) is 0 Å². The minimum Gasteiger partial charge on any atom is -0.317 e. The highest BCUT2D eigenvalue weighted by atomic mass is 79.9. The summed E-state index contributed by atoms with van der Waals surface area (Å²) in [5.74, 6) is 0.325. The fraction of sp³-hybridized carbons (Fsp3) is 0.455. The van der Waals surface area contributed by atoms with Crippen LogP contribution in [0.4, 0.5) is 0 Å². The van der Waals surface area contributed by atoms with Gasteiger partial charge in [0.05, 0.1) is 0 Å². The first-order valence-electron chi connectivity index (χ1n) is 5.15. The molecule has 0 bridgehead atoms. The Kier molecular flexibility index (Phi) is 5.58. The number of halogens is 2. The zero-order valence-electron chi connectivity index (χ0n) is 8.78. The van der Waals surface area contributed by atoms with Crippen LogP contribution >= 0.6 is 32.9 Å². The normalized spacial score (nSPS) is 16.6. The van der Waals surface area contributed by atoms with Gasteiger partial charge in [-0.15, -0.1) is 17.0 Å². The zero-order chi connectivity index (χ0) is 10.7. The van der Waals surface area contributed by atoms with E-state index in [0.717, 1.165) is 30.5 Å². The van der Waals surface area contributed by atoms with E-state index in [4.69, 9.17) is 0 Å². The van der Waals surface area contributed by atoms with Gasteiger partial charge >= 0.3 is 0 Å². The van der Waals surface area contributed by atoms with Gasteiger partial charge in [-0.1, -0.05) is 6.07 Å². The summed E-state index contributed by atoms with van der Waals surface area (Å²) >= 11 is 3.28. The molecule has 1 aromatic heterocycles. The van der Waals surface area contributed by atoms with Crippen LogP contribution in [0.2, 0.25) is 0 Å². The van der Waals surface area contributed by atoms with Gasteiger partial charge in [0.2, 0.25) is 0 Å². The summed E-state index contributed by atoms with van der Waals surface area (Å²) in [6.07, 6.45) is 1.85. The molecule has 2 heterocycles. The first kappa shape index (κ1) is 13.8. The van der Waals surface area contributed by atoms with Crippen molar-refractivity contribution < 1.29 is 4.79 Å². The first-order chi connectivity index (χ1) is 7.27. The lowest BCUT2D eigenvalue weighted by Gasteiger charge is -2.20. The molecule has 0 amide bonds. The average molecular weight is 350 g/mol. The van der Waals surface area contributed by atoms with Gasteiger partial charge in [0.15, 0.2) is 5.78 Å². The van der Waals surface area contributed by atoms with Crippen molar-refractivity contribution in [2.45, 2.75) is 12.8 Å². The average Bonchev–Trinajstić information content (AvgIpc) is 2.29. The van der Waals surface area contributed by atoms with Crippen molar-refractivity contribution in [3.8, 4) is 0 Å². The molecule has 1 saturated heterocycles. The van der Waals surface area contributed by atoms with Crippen molar-refractivity contribution in [3.63, 3.8) is 0 Å². The third kappa shape index (κ3) is 3.37. The van der Waals surface area contributed by atoms with Crippen molar-refractivity contribution >= 4 is 38.7 Å². The number of carbonyl (C=O) groups excluding carboxylic acids is 1. The maximum Gasteiger partial charge on any atom is 0.184 e. The second-order valence-corrected chi connectivity index (χ2v) is 4.55. The van der Waals surface area contributed by atoms with Gasteiger partial charge in [-0.05, 0) is 54.0 Å². The molecular weight excluding hydrogens is 336 g/mol. The van der Waals surface area contributed by atoms with E-state index in [-0.39, 0.29) is 28.7 Å². The van der Waals surface area contributed by atoms with E-state index in [1.807, 2.05) is 12.1 Å². The fourth-order valence-electron chi connectivity index (χ4n) is 1.84. The lowest BCUT2D eigenvalue weighted by Crippen LogP contribution is -2.32. The third-order valence-corrected chi connectivity index (χ3v) is 3.12. The molecule has 1 aliphatic heterocycles. The van der Waals surface area contributed by atoms with Crippen molar-refractivity contribution in [1.82, 2.24) is 10.3 Å². The molecule has 0 unspecified atom stereocenters. The van der Waals surface area contributed by atoms with Crippen LogP contribution in [0, 0.1) is 5.92 Å². The highest BCUT2D eigenvalue weighted by Crippen LogP contribution is 2.18. The molecule has 1 N–H and O–H groups in total. The van der Waals surface area contributed by atoms with Gasteiger partial charge in [0.25, 0.3) is 0 Å². The van der Waals surface area contributed by atoms with Crippen LogP contribution in [0.15, 0.2) is 22.8 Å². The quantitative estimate of drug-likeness (QED) is 0.659. The number of rotatable bonds is 2.